The lowest BCUT2D eigenvalue weighted by molar-refractivity contribution is -0.757. The number of fused-ring (bicyclic) bond motifs is 5. The number of carbonyl (C=O) groups is 4. The second-order valence-corrected chi connectivity index (χ2v) is 13.2. The van der Waals surface area contributed by atoms with Gasteiger partial charge in [-0.3, -0.25) is 19.2 Å². The van der Waals surface area contributed by atoms with Crippen LogP contribution in [-0.4, -0.2) is 75.9 Å². The normalized spacial score (nSPS) is 37.2. The van der Waals surface area contributed by atoms with Crippen molar-refractivity contribution in [3.8, 4) is 0 Å². The molecule has 0 heterocycles. The number of allylic oxidation sites excluding steroid dienone is 4. The topological polar surface area (TPSA) is 182 Å². The maximum atomic E-state index is 17.3. The number of nitrogens with one attached hydrogen (secondary N) is 1. The van der Waals surface area contributed by atoms with Crippen LogP contribution < -0.4 is 5.32 Å². The summed E-state index contributed by atoms with van der Waals surface area (Å²) in [5, 5.41) is 35.2. The van der Waals surface area contributed by atoms with E-state index >= 15 is 4.39 Å². The van der Waals surface area contributed by atoms with Gasteiger partial charge in [0.25, 0.3) is 5.09 Å². The van der Waals surface area contributed by atoms with Crippen molar-refractivity contribution in [1.82, 2.24) is 5.32 Å². The van der Waals surface area contributed by atoms with Crippen molar-refractivity contribution in [1.29, 1.82) is 0 Å². The van der Waals surface area contributed by atoms with Crippen molar-refractivity contribution in [3.63, 3.8) is 0 Å². The molecule has 1 amide bonds. The van der Waals surface area contributed by atoms with Crippen LogP contribution in [0.2, 0.25) is 0 Å². The van der Waals surface area contributed by atoms with Crippen LogP contribution >= 0.6 is 0 Å². The van der Waals surface area contributed by atoms with E-state index in [0.29, 0.717) is 44.1 Å². The Labute approximate surface area is 255 Å². The van der Waals surface area contributed by atoms with Crippen molar-refractivity contribution in [2.45, 2.75) is 95.9 Å². The molecule has 0 bridgehead atoms. The maximum absolute atomic E-state index is 17.3. The standard InChI is InChI=1S/C31H43FN2O10/c1-19-15-23-22-9-8-20-16-21(35)10-12-28(20,2)30(22,32)24(36)17-29(23,3)31(19,40)25(37)18-43-27(39)11-13-33-26(38)7-5-4-6-14-44-34(41)42/h10,12,16,19,22-24,36,40H,4-9,11,13-15,17-18H2,1-3H3,(H,33,38)/t19-,22-,23-,24-,28-,29-,30-,31-/m0/s1. The van der Waals surface area contributed by atoms with Crippen molar-refractivity contribution < 1.29 is 48.4 Å². The van der Waals surface area contributed by atoms with E-state index in [1.165, 1.54) is 12.2 Å². The lowest BCUT2D eigenvalue weighted by atomic mass is 9.44. The van der Waals surface area contributed by atoms with Gasteiger partial charge in [0, 0.05) is 29.7 Å². The molecule has 0 aromatic heterocycles. The summed E-state index contributed by atoms with van der Waals surface area (Å²) in [5.41, 5.74) is -5.77. The van der Waals surface area contributed by atoms with Crippen LogP contribution in [-0.2, 0) is 28.8 Å². The Balaban J connectivity index is 1.32. The largest absolute Gasteiger partial charge is 0.457 e. The minimum atomic E-state index is -2.09. The van der Waals surface area contributed by atoms with E-state index in [4.69, 9.17) is 4.74 Å². The van der Waals surface area contributed by atoms with Crippen LogP contribution in [0.5, 0.6) is 0 Å². The molecule has 0 aliphatic heterocycles. The number of halogens is 1. The number of unbranched alkanes of at least 4 members (excludes halogenated alkanes) is 2. The average Bonchev–Trinajstić information content (AvgIpc) is 3.16. The molecule has 12 nitrogen and oxygen atoms in total. The molecule has 3 fully saturated rings. The molecular weight excluding hydrogens is 579 g/mol. The molecule has 244 valence electrons. The summed E-state index contributed by atoms with van der Waals surface area (Å²) in [6.07, 6.45) is 5.32. The summed E-state index contributed by atoms with van der Waals surface area (Å²) in [5.74, 6) is -3.65. The number of ketones is 2. The van der Waals surface area contributed by atoms with E-state index in [1.54, 1.807) is 26.8 Å². The molecule has 13 heteroatoms. The van der Waals surface area contributed by atoms with Crippen molar-refractivity contribution in [2.24, 2.45) is 28.6 Å². The summed E-state index contributed by atoms with van der Waals surface area (Å²) < 4.78 is 22.5. The molecule has 8 atom stereocenters. The second-order valence-electron chi connectivity index (χ2n) is 13.2. The molecule has 3 N–H and O–H groups in total. The van der Waals surface area contributed by atoms with Crippen molar-refractivity contribution in [3.05, 3.63) is 33.9 Å². The fourth-order valence-electron chi connectivity index (χ4n) is 8.56. The summed E-state index contributed by atoms with van der Waals surface area (Å²) in [4.78, 5) is 64.2. The first kappa shape index (κ1) is 33.7. The van der Waals surface area contributed by atoms with Gasteiger partial charge in [0.05, 0.1) is 19.1 Å². The van der Waals surface area contributed by atoms with E-state index < -0.39 is 69.4 Å². The molecule has 0 aromatic carbocycles. The number of esters is 1. The van der Waals surface area contributed by atoms with Crippen molar-refractivity contribution >= 4 is 23.4 Å². The fraction of sp³-hybridized carbons (Fsp3) is 0.742. The summed E-state index contributed by atoms with van der Waals surface area (Å²) in [7, 11) is 0. The van der Waals surface area contributed by atoms with Crippen LogP contribution in [0, 0.1) is 38.7 Å². The van der Waals surface area contributed by atoms with E-state index in [-0.39, 0.29) is 44.1 Å². The Morgan fingerprint density at radius 1 is 1.18 bits per heavy atom. The Morgan fingerprint density at radius 3 is 2.61 bits per heavy atom. The highest BCUT2D eigenvalue weighted by Gasteiger charge is 2.75. The third-order valence-corrected chi connectivity index (χ3v) is 10.9. The first-order valence-electron chi connectivity index (χ1n) is 15.4. The van der Waals surface area contributed by atoms with Crippen molar-refractivity contribution in [2.75, 3.05) is 19.8 Å². The number of hydrogen-bond acceptors (Lipinski definition) is 10. The van der Waals surface area contributed by atoms with Gasteiger partial charge in [0.15, 0.2) is 18.1 Å². The number of Topliss-reactive ketones (excluding diaryl/α,β-unsaturated/α-hetero) is 1. The molecule has 4 aliphatic rings. The van der Waals surface area contributed by atoms with Crippen LogP contribution in [0.4, 0.5) is 4.39 Å². The number of alkyl halides is 1. The zero-order valence-corrected chi connectivity index (χ0v) is 25.5. The predicted molar refractivity (Wildman–Crippen MR) is 153 cm³/mol. The van der Waals surface area contributed by atoms with Gasteiger partial charge in [-0.2, -0.15) is 0 Å². The monoisotopic (exact) mass is 622 g/mol. The molecule has 44 heavy (non-hydrogen) atoms. The van der Waals surface area contributed by atoms with Gasteiger partial charge in [-0.25, -0.2) is 4.39 Å². The maximum Gasteiger partial charge on any atom is 0.308 e. The quantitative estimate of drug-likeness (QED) is 0.120. The Kier molecular flexibility index (Phi) is 9.70. The Bertz CT molecular complexity index is 1250. The van der Waals surface area contributed by atoms with Crippen LogP contribution in [0.15, 0.2) is 23.8 Å². The molecule has 4 aliphatic carbocycles. The van der Waals surface area contributed by atoms with Gasteiger partial charge in [-0.15, -0.1) is 10.1 Å². The highest BCUT2D eigenvalue weighted by Crippen LogP contribution is 2.70. The molecule has 4 rings (SSSR count). The lowest BCUT2D eigenvalue weighted by Gasteiger charge is -2.62. The zero-order valence-electron chi connectivity index (χ0n) is 25.5. The van der Waals surface area contributed by atoms with Gasteiger partial charge in [0.1, 0.15) is 5.60 Å². The third-order valence-electron chi connectivity index (χ3n) is 10.9. The lowest BCUT2D eigenvalue weighted by Crippen LogP contribution is -2.69. The SMILES string of the molecule is C[C@H]1C[C@H]2[C@@H]3CCC4=CC(=O)C=C[C@]4(C)[C@@]3(F)[C@@H](O)C[C@]2(C)[C@@]1(O)C(=O)COC(=O)CCNC(=O)CCCCCO[N+](=O)[O-]. The number of nitrogens with zero attached hydrogens (tertiary/aromatic N) is 1. The number of ether oxygens (including phenoxy) is 1. The summed E-state index contributed by atoms with van der Waals surface area (Å²) in [6.45, 7) is 4.38. The van der Waals surface area contributed by atoms with Gasteiger partial charge in [-0.1, -0.05) is 31.9 Å². The van der Waals surface area contributed by atoms with E-state index in [2.05, 4.69) is 10.2 Å². The van der Waals surface area contributed by atoms with Gasteiger partial charge >= 0.3 is 5.97 Å². The number of aliphatic hydroxyl groups excluding tert-OH is 1. The Morgan fingerprint density at radius 2 is 1.91 bits per heavy atom. The van der Waals surface area contributed by atoms with Gasteiger partial charge in [0.2, 0.25) is 11.7 Å². The number of hydrogen-bond donors (Lipinski definition) is 3. The smallest absolute Gasteiger partial charge is 0.308 e. The molecule has 3 saturated carbocycles. The number of rotatable bonds is 13. The minimum absolute atomic E-state index is 0.0154. The van der Waals surface area contributed by atoms with Crippen LogP contribution in [0.25, 0.3) is 0 Å². The van der Waals surface area contributed by atoms with E-state index in [1.807, 2.05) is 0 Å². The van der Waals surface area contributed by atoms with E-state index in [9.17, 15) is 39.5 Å². The van der Waals surface area contributed by atoms with Crippen LogP contribution in [0.3, 0.4) is 0 Å². The first-order valence-corrected chi connectivity index (χ1v) is 15.4. The Hall–Kier alpha value is -3.19. The highest BCUT2D eigenvalue weighted by atomic mass is 19.1. The van der Waals surface area contributed by atoms with Gasteiger partial charge in [-0.05, 0) is 69.4 Å². The average molecular weight is 623 g/mol. The highest BCUT2D eigenvalue weighted by molar-refractivity contribution is 6.01. The third kappa shape index (κ3) is 5.68. The molecular formula is C31H43FN2O10. The molecule has 0 saturated heterocycles. The van der Waals surface area contributed by atoms with Crippen LogP contribution in [0.1, 0.15) is 78.6 Å². The molecule has 0 unspecified atom stereocenters. The molecule has 0 radical (unpaired) electrons. The summed E-state index contributed by atoms with van der Waals surface area (Å²) in [6, 6.07) is 0. The number of carbonyl (C=O) groups excluding carboxylic acids is 4. The second kappa shape index (κ2) is 12.7. The first-order chi connectivity index (χ1) is 20.6. The fourth-order valence-corrected chi connectivity index (χ4v) is 8.56. The number of amides is 1. The predicted octanol–water partition coefficient (Wildman–Crippen LogP) is 2.72. The molecule has 0 aromatic rings. The van der Waals surface area contributed by atoms with E-state index in [0.717, 1.165) is 0 Å². The zero-order chi connectivity index (χ0) is 32.5. The number of aliphatic hydroxyl groups is 2. The minimum Gasteiger partial charge on any atom is -0.457 e. The summed E-state index contributed by atoms with van der Waals surface area (Å²) >= 11 is 0. The molecule has 0 spiro atoms. The van der Waals surface area contributed by atoms with Gasteiger partial charge < -0.3 is 25.1 Å².